The largest absolute Gasteiger partial charge is 0.492 e. The molecule has 1 N–H and O–H groups in total. The second kappa shape index (κ2) is 10.3. The number of amides is 1. The molecule has 2 heterocycles. The van der Waals surface area contributed by atoms with Crippen LogP contribution in [0.25, 0.3) is 17.2 Å². The summed E-state index contributed by atoms with van der Waals surface area (Å²) in [6, 6.07) is 11.2. The predicted octanol–water partition coefficient (Wildman–Crippen LogP) is 4.86. The molecule has 5 nitrogen and oxygen atoms in total. The Morgan fingerprint density at radius 2 is 1.97 bits per heavy atom. The average molecular weight is 495 g/mol. The smallest absolute Gasteiger partial charge is 0.263 e. The van der Waals surface area contributed by atoms with E-state index < -0.39 is 0 Å². The first-order valence-corrected chi connectivity index (χ1v) is 11.7. The number of thiocarbonyl (C=S) groups is 1. The zero-order valence-corrected chi connectivity index (χ0v) is 19.7. The van der Waals surface area contributed by atoms with Crippen molar-refractivity contribution in [3.05, 3.63) is 56.9 Å². The Balaban J connectivity index is 1.61. The van der Waals surface area contributed by atoms with Crippen LogP contribution in [0.5, 0.6) is 5.75 Å². The molecule has 0 saturated carbocycles. The van der Waals surface area contributed by atoms with E-state index in [9.17, 15) is 4.79 Å². The summed E-state index contributed by atoms with van der Waals surface area (Å²) in [6.07, 6.45) is 1.81. The maximum atomic E-state index is 12.0. The first-order chi connectivity index (χ1) is 15.0. The number of carbonyl (C=O) groups is 1. The Labute approximate surface area is 200 Å². The van der Waals surface area contributed by atoms with E-state index >= 15 is 0 Å². The Morgan fingerprint density at radius 1 is 1.16 bits per heavy atom. The molecule has 0 bridgehead atoms. The fourth-order valence-corrected chi connectivity index (χ4v) is 4.92. The minimum Gasteiger partial charge on any atom is -0.492 e. The van der Waals surface area contributed by atoms with Gasteiger partial charge in [0.1, 0.15) is 16.7 Å². The van der Waals surface area contributed by atoms with Gasteiger partial charge in [0, 0.05) is 35.8 Å². The van der Waals surface area contributed by atoms with Gasteiger partial charge in [-0.1, -0.05) is 59.3 Å². The lowest BCUT2D eigenvalue weighted by molar-refractivity contribution is -0.115. The standard InChI is InChI=1S/C22H20Cl2N2O3S2/c23-15-2-3-16(18(24)13-15)17-11-14(12-20-21(27)25-22(30)31-20)1-4-19(17)29-10-7-26-5-8-28-9-6-26/h1-4,11-13H,5-10H2,(H,25,27,30). The fraction of sp³-hybridized carbons (Fsp3) is 0.273. The van der Waals surface area contributed by atoms with Crippen molar-refractivity contribution in [3.63, 3.8) is 0 Å². The number of hydrogen-bond donors (Lipinski definition) is 1. The molecule has 162 valence electrons. The van der Waals surface area contributed by atoms with Gasteiger partial charge in [0.25, 0.3) is 5.91 Å². The van der Waals surface area contributed by atoms with Crippen LogP contribution in [-0.4, -0.2) is 54.6 Å². The number of benzene rings is 2. The fourth-order valence-electron chi connectivity index (χ4n) is 3.36. The lowest BCUT2D eigenvalue weighted by Gasteiger charge is -2.26. The molecule has 2 aliphatic rings. The number of halogens is 2. The van der Waals surface area contributed by atoms with Crippen LogP contribution in [-0.2, 0) is 9.53 Å². The number of morpholine rings is 1. The van der Waals surface area contributed by atoms with Crippen molar-refractivity contribution >= 4 is 63.5 Å². The molecule has 0 aromatic heterocycles. The second-order valence-corrected chi connectivity index (χ2v) is 9.60. The van der Waals surface area contributed by atoms with Gasteiger partial charge in [-0.25, -0.2) is 0 Å². The summed E-state index contributed by atoms with van der Waals surface area (Å²) in [7, 11) is 0. The van der Waals surface area contributed by atoms with Crippen LogP contribution in [0.1, 0.15) is 5.56 Å². The normalized spacial score (nSPS) is 18.5. The molecule has 2 saturated heterocycles. The van der Waals surface area contributed by atoms with E-state index in [2.05, 4.69) is 10.2 Å². The summed E-state index contributed by atoms with van der Waals surface area (Å²) < 4.78 is 12.0. The number of hydrogen-bond acceptors (Lipinski definition) is 6. The summed E-state index contributed by atoms with van der Waals surface area (Å²) >= 11 is 18.9. The molecule has 4 rings (SSSR count). The maximum absolute atomic E-state index is 12.0. The van der Waals surface area contributed by atoms with Gasteiger partial charge in [0.05, 0.1) is 23.1 Å². The minimum absolute atomic E-state index is 0.188. The van der Waals surface area contributed by atoms with Crippen molar-refractivity contribution in [2.75, 3.05) is 39.5 Å². The summed E-state index contributed by atoms with van der Waals surface area (Å²) in [5.74, 6) is 0.533. The third kappa shape index (κ3) is 5.80. The van der Waals surface area contributed by atoms with Gasteiger partial charge < -0.3 is 14.8 Å². The molecule has 2 aliphatic heterocycles. The van der Waals surface area contributed by atoms with E-state index in [4.69, 9.17) is 44.9 Å². The molecule has 1 amide bonds. The first-order valence-electron chi connectivity index (χ1n) is 9.77. The van der Waals surface area contributed by atoms with Crippen LogP contribution in [0, 0.1) is 0 Å². The second-order valence-electron chi connectivity index (χ2n) is 7.03. The van der Waals surface area contributed by atoms with Gasteiger partial charge in [-0.05, 0) is 35.9 Å². The number of nitrogens with one attached hydrogen (secondary N) is 1. The molecule has 0 radical (unpaired) electrons. The van der Waals surface area contributed by atoms with Crippen molar-refractivity contribution in [2.45, 2.75) is 0 Å². The van der Waals surface area contributed by atoms with Crippen molar-refractivity contribution in [1.82, 2.24) is 10.2 Å². The molecule has 9 heteroatoms. The first kappa shape index (κ1) is 22.6. The van der Waals surface area contributed by atoms with E-state index in [0.717, 1.165) is 55.3 Å². The average Bonchev–Trinajstić information content (AvgIpc) is 3.06. The van der Waals surface area contributed by atoms with Crippen molar-refractivity contribution < 1.29 is 14.3 Å². The van der Waals surface area contributed by atoms with Crippen molar-refractivity contribution in [2.24, 2.45) is 0 Å². The van der Waals surface area contributed by atoms with Gasteiger partial charge in [-0.3, -0.25) is 9.69 Å². The van der Waals surface area contributed by atoms with Crippen molar-refractivity contribution in [3.8, 4) is 16.9 Å². The van der Waals surface area contributed by atoms with Gasteiger partial charge >= 0.3 is 0 Å². The molecule has 2 fully saturated rings. The third-order valence-electron chi connectivity index (χ3n) is 4.93. The minimum atomic E-state index is -0.188. The van der Waals surface area contributed by atoms with E-state index in [1.165, 1.54) is 11.8 Å². The number of nitrogens with zero attached hydrogens (tertiary/aromatic N) is 1. The predicted molar refractivity (Wildman–Crippen MR) is 131 cm³/mol. The van der Waals surface area contributed by atoms with Crippen LogP contribution >= 0.6 is 47.2 Å². The van der Waals surface area contributed by atoms with Gasteiger partial charge in [-0.2, -0.15) is 0 Å². The molecular weight excluding hydrogens is 475 g/mol. The van der Waals surface area contributed by atoms with E-state index in [-0.39, 0.29) is 5.91 Å². The molecule has 0 aliphatic carbocycles. The Kier molecular flexibility index (Phi) is 7.53. The van der Waals surface area contributed by atoms with Crippen LogP contribution in [0.3, 0.4) is 0 Å². The Morgan fingerprint density at radius 3 is 2.68 bits per heavy atom. The molecule has 2 aromatic rings. The highest BCUT2D eigenvalue weighted by molar-refractivity contribution is 8.26. The molecule has 0 unspecified atom stereocenters. The summed E-state index contributed by atoms with van der Waals surface area (Å²) in [5.41, 5.74) is 2.50. The highest BCUT2D eigenvalue weighted by Gasteiger charge is 2.22. The SMILES string of the molecule is O=C1NC(=S)SC1=Cc1ccc(OCCN2CCOCC2)c(-c2ccc(Cl)cc2Cl)c1. The summed E-state index contributed by atoms with van der Waals surface area (Å²) in [4.78, 5) is 14.9. The number of thioether (sulfide) groups is 1. The summed E-state index contributed by atoms with van der Waals surface area (Å²) in [6.45, 7) is 4.69. The van der Waals surface area contributed by atoms with E-state index in [1.54, 1.807) is 12.1 Å². The number of rotatable bonds is 6. The van der Waals surface area contributed by atoms with Crippen LogP contribution in [0.2, 0.25) is 10.0 Å². The van der Waals surface area contributed by atoms with Gasteiger partial charge in [0.15, 0.2) is 0 Å². The molecule has 0 spiro atoms. The Bertz CT molecular complexity index is 1040. The van der Waals surface area contributed by atoms with Gasteiger partial charge in [0.2, 0.25) is 0 Å². The molecule has 2 aromatic carbocycles. The number of carbonyl (C=O) groups excluding carboxylic acids is 1. The molecule has 0 atom stereocenters. The number of ether oxygens (including phenoxy) is 2. The topological polar surface area (TPSA) is 50.8 Å². The monoisotopic (exact) mass is 494 g/mol. The summed E-state index contributed by atoms with van der Waals surface area (Å²) in [5, 5.41) is 3.73. The molecular formula is C22H20Cl2N2O3S2. The highest BCUT2D eigenvalue weighted by atomic mass is 35.5. The van der Waals surface area contributed by atoms with E-state index in [1.807, 2.05) is 30.3 Å². The van der Waals surface area contributed by atoms with Crippen LogP contribution < -0.4 is 10.1 Å². The van der Waals surface area contributed by atoms with E-state index in [0.29, 0.717) is 25.9 Å². The third-order valence-corrected chi connectivity index (χ3v) is 6.64. The quantitative estimate of drug-likeness (QED) is 0.457. The maximum Gasteiger partial charge on any atom is 0.263 e. The lowest BCUT2D eigenvalue weighted by atomic mass is 10.0. The van der Waals surface area contributed by atoms with Crippen LogP contribution in [0.15, 0.2) is 41.3 Å². The lowest BCUT2D eigenvalue weighted by Crippen LogP contribution is -2.38. The van der Waals surface area contributed by atoms with Crippen molar-refractivity contribution in [1.29, 1.82) is 0 Å². The molecule has 31 heavy (non-hydrogen) atoms. The van der Waals surface area contributed by atoms with Crippen LogP contribution in [0.4, 0.5) is 0 Å². The zero-order valence-electron chi connectivity index (χ0n) is 16.5. The highest BCUT2D eigenvalue weighted by Crippen LogP contribution is 2.38. The zero-order chi connectivity index (χ0) is 21.8. The van der Waals surface area contributed by atoms with Gasteiger partial charge in [-0.15, -0.1) is 0 Å². The Hall–Kier alpha value is -1.61.